The summed E-state index contributed by atoms with van der Waals surface area (Å²) < 4.78 is 1.82. The normalized spacial score (nSPS) is 10.6. The molecule has 3 aromatic heterocycles. The highest BCUT2D eigenvalue weighted by atomic mass is 16.1. The minimum absolute atomic E-state index is 0.221. The fourth-order valence-corrected chi connectivity index (χ4v) is 1.78. The van der Waals surface area contributed by atoms with E-state index < -0.39 is 0 Å². The molecule has 0 aromatic carbocycles. The molecular formula is C13H11N5O. The Hall–Kier alpha value is -2.76. The van der Waals surface area contributed by atoms with Gasteiger partial charge in [-0.25, -0.2) is 4.98 Å². The molecule has 6 nitrogen and oxygen atoms in total. The van der Waals surface area contributed by atoms with Gasteiger partial charge in [0, 0.05) is 18.0 Å². The Bertz CT molecular complexity index is 735. The number of hydrogen-bond donors (Lipinski definition) is 1. The van der Waals surface area contributed by atoms with E-state index in [1.54, 1.807) is 36.7 Å². The predicted molar refractivity (Wildman–Crippen MR) is 69.9 cm³/mol. The van der Waals surface area contributed by atoms with E-state index in [-0.39, 0.29) is 5.91 Å². The Labute approximate surface area is 109 Å². The summed E-state index contributed by atoms with van der Waals surface area (Å²) in [7, 11) is 0. The van der Waals surface area contributed by atoms with Gasteiger partial charge in [0.1, 0.15) is 11.6 Å². The van der Waals surface area contributed by atoms with E-state index in [1.165, 1.54) is 0 Å². The first kappa shape index (κ1) is 11.3. The number of aromatic nitrogens is 4. The van der Waals surface area contributed by atoms with Crippen LogP contribution in [0.15, 0.2) is 42.7 Å². The zero-order valence-electron chi connectivity index (χ0n) is 10.2. The van der Waals surface area contributed by atoms with Gasteiger partial charge in [0.15, 0.2) is 5.65 Å². The number of rotatable bonds is 2. The highest BCUT2D eigenvalue weighted by molar-refractivity contribution is 6.04. The summed E-state index contributed by atoms with van der Waals surface area (Å²) in [4.78, 5) is 16.1. The van der Waals surface area contributed by atoms with E-state index in [2.05, 4.69) is 20.5 Å². The molecule has 0 aliphatic rings. The summed E-state index contributed by atoms with van der Waals surface area (Å²) >= 11 is 0. The van der Waals surface area contributed by atoms with Crippen molar-refractivity contribution < 1.29 is 4.79 Å². The smallest absolute Gasteiger partial charge is 0.257 e. The molecule has 0 saturated carbocycles. The molecule has 0 radical (unpaired) electrons. The maximum Gasteiger partial charge on any atom is 0.257 e. The van der Waals surface area contributed by atoms with Crippen LogP contribution in [0.3, 0.4) is 0 Å². The third-order valence-electron chi connectivity index (χ3n) is 2.75. The summed E-state index contributed by atoms with van der Waals surface area (Å²) in [5.41, 5.74) is 1.16. The lowest BCUT2D eigenvalue weighted by molar-refractivity contribution is 0.102. The lowest BCUT2D eigenvalue weighted by atomic mass is 10.2. The summed E-state index contributed by atoms with van der Waals surface area (Å²) in [6, 6.07) is 8.76. The first-order valence-electron chi connectivity index (χ1n) is 5.78. The molecule has 3 rings (SSSR count). The largest absolute Gasteiger partial charge is 0.307 e. The zero-order valence-corrected chi connectivity index (χ0v) is 10.2. The van der Waals surface area contributed by atoms with Gasteiger partial charge in [-0.1, -0.05) is 6.07 Å². The molecule has 19 heavy (non-hydrogen) atoms. The number of fused-ring (bicyclic) bond motifs is 1. The average molecular weight is 253 g/mol. The first-order chi connectivity index (χ1) is 9.24. The number of pyridine rings is 2. The molecule has 3 aromatic rings. The van der Waals surface area contributed by atoms with Crippen molar-refractivity contribution in [1.82, 2.24) is 19.6 Å². The van der Waals surface area contributed by atoms with Gasteiger partial charge in [0.05, 0.1) is 0 Å². The molecule has 0 bridgehead atoms. The summed E-state index contributed by atoms with van der Waals surface area (Å²) in [5, 5.41) is 10.7. The quantitative estimate of drug-likeness (QED) is 0.754. The Morgan fingerprint density at radius 1 is 1.26 bits per heavy atom. The Morgan fingerprint density at radius 2 is 2.16 bits per heavy atom. The molecule has 0 aliphatic heterocycles. The van der Waals surface area contributed by atoms with Crippen LogP contribution < -0.4 is 5.32 Å². The Morgan fingerprint density at radius 3 is 2.95 bits per heavy atom. The Kier molecular flexibility index (Phi) is 2.68. The first-order valence-corrected chi connectivity index (χ1v) is 5.78. The van der Waals surface area contributed by atoms with E-state index in [0.717, 1.165) is 5.82 Å². The molecule has 0 aliphatic carbocycles. The van der Waals surface area contributed by atoms with Gasteiger partial charge in [-0.05, 0) is 31.2 Å². The second kappa shape index (κ2) is 4.49. The molecule has 1 N–H and O–H groups in total. The van der Waals surface area contributed by atoms with Crippen LogP contribution in [-0.2, 0) is 0 Å². The molecule has 0 unspecified atom stereocenters. The number of nitrogens with zero attached hydrogens (tertiary/aromatic N) is 4. The highest BCUT2D eigenvalue weighted by Gasteiger charge is 2.09. The topological polar surface area (TPSA) is 72.2 Å². The van der Waals surface area contributed by atoms with Gasteiger partial charge in [-0.15, -0.1) is 10.2 Å². The molecule has 1 amide bonds. The number of carbonyl (C=O) groups is 1. The third-order valence-corrected chi connectivity index (χ3v) is 2.75. The van der Waals surface area contributed by atoms with Crippen LogP contribution in [0.1, 0.15) is 16.2 Å². The average Bonchev–Trinajstić information content (AvgIpc) is 2.81. The molecule has 0 spiro atoms. The standard InChI is InChI=1S/C13H11N5O/c1-9-16-17-12-8-10(5-7-18(9)12)13(19)15-11-4-2-3-6-14-11/h2-8H,1H3,(H,14,15,19). The number of nitrogens with one attached hydrogen (secondary N) is 1. The van der Waals surface area contributed by atoms with Crippen molar-refractivity contribution in [2.75, 3.05) is 5.32 Å². The van der Waals surface area contributed by atoms with Gasteiger partial charge < -0.3 is 5.32 Å². The fraction of sp³-hybridized carbons (Fsp3) is 0.0769. The third kappa shape index (κ3) is 2.15. The zero-order chi connectivity index (χ0) is 13.2. The van der Waals surface area contributed by atoms with E-state index in [0.29, 0.717) is 17.0 Å². The van der Waals surface area contributed by atoms with Crippen molar-refractivity contribution in [3.8, 4) is 0 Å². The maximum absolute atomic E-state index is 12.1. The lowest BCUT2D eigenvalue weighted by Crippen LogP contribution is -2.13. The number of aryl methyl sites for hydroxylation is 1. The fourth-order valence-electron chi connectivity index (χ4n) is 1.78. The van der Waals surface area contributed by atoms with Crippen LogP contribution >= 0.6 is 0 Å². The number of amides is 1. The van der Waals surface area contributed by atoms with Crippen molar-refractivity contribution in [3.05, 3.63) is 54.1 Å². The summed E-state index contributed by atoms with van der Waals surface area (Å²) in [5.74, 6) is 1.08. The SMILES string of the molecule is Cc1nnc2cc(C(=O)Nc3ccccn3)ccn12. The second-order valence-corrected chi connectivity index (χ2v) is 4.06. The molecule has 94 valence electrons. The van der Waals surface area contributed by atoms with E-state index in [1.807, 2.05) is 17.4 Å². The lowest BCUT2D eigenvalue weighted by Gasteiger charge is -2.04. The Balaban J connectivity index is 1.89. The van der Waals surface area contributed by atoms with Crippen LogP contribution in [0.4, 0.5) is 5.82 Å². The van der Waals surface area contributed by atoms with Gasteiger partial charge in [-0.3, -0.25) is 9.20 Å². The monoisotopic (exact) mass is 253 g/mol. The predicted octanol–water partition coefficient (Wildman–Crippen LogP) is 1.69. The molecule has 3 heterocycles. The van der Waals surface area contributed by atoms with E-state index in [4.69, 9.17) is 0 Å². The van der Waals surface area contributed by atoms with Crippen molar-refractivity contribution in [2.45, 2.75) is 6.92 Å². The van der Waals surface area contributed by atoms with Gasteiger partial charge in [-0.2, -0.15) is 0 Å². The molecule has 0 fully saturated rings. The molecular weight excluding hydrogens is 242 g/mol. The minimum Gasteiger partial charge on any atom is -0.307 e. The van der Waals surface area contributed by atoms with E-state index >= 15 is 0 Å². The van der Waals surface area contributed by atoms with Crippen LogP contribution in [0.25, 0.3) is 5.65 Å². The molecule has 0 atom stereocenters. The van der Waals surface area contributed by atoms with Crippen molar-refractivity contribution in [2.24, 2.45) is 0 Å². The number of anilines is 1. The second-order valence-electron chi connectivity index (χ2n) is 4.06. The van der Waals surface area contributed by atoms with Crippen molar-refractivity contribution in [1.29, 1.82) is 0 Å². The summed E-state index contributed by atoms with van der Waals surface area (Å²) in [6.07, 6.45) is 3.40. The van der Waals surface area contributed by atoms with E-state index in [9.17, 15) is 4.79 Å². The van der Waals surface area contributed by atoms with Crippen molar-refractivity contribution in [3.63, 3.8) is 0 Å². The van der Waals surface area contributed by atoms with Crippen LogP contribution in [0.2, 0.25) is 0 Å². The van der Waals surface area contributed by atoms with Crippen molar-refractivity contribution >= 4 is 17.4 Å². The highest BCUT2D eigenvalue weighted by Crippen LogP contribution is 2.09. The number of carbonyl (C=O) groups excluding carboxylic acids is 1. The van der Waals surface area contributed by atoms with Gasteiger partial charge >= 0.3 is 0 Å². The van der Waals surface area contributed by atoms with Crippen LogP contribution in [0, 0.1) is 6.92 Å². The van der Waals surface area contributed by atoms with Crippen LogP contribution in [0.5, 0.6) is 0 Å². The minimum atomic E-state index is -0.221. The number of hydrogen-bond acceptors (Lipinski definition) is 4. The summed E-state index contributed by atoms with van der Waals surface area (Å²) in [6.45, 7) is 1.85. The van der Waals surface area contributed by atoms with Gasteiger partial charge in [0.2, 0.25) is 0 Å². The maximum atomic E-state index is 12.1. The molecule has 0 saturated heterocycles. The van der Waals surface area contributed by atoms with Crippen LogP contribution in [-0.4, -0.2) is 25.5 Å². The molecule has 6 heteroatoms. The van der Waals surface area contributed by atoms with Gasteiger partial charge in [0.25, 0.3) is 5.91 Å².